The Kier molecular flexibility index (Phi) is 4.50. The highest BCUT2D eigenvalue weighted by Gasteiger charge is 2.19. The van der Waals surface area contributed by atoms with Crippen molar-refractivity contribution < 1.29 is 0 Å². The molecule has 102 valence electrons. The van der Waals surface area contributed by atoms with E-state index in [9.17, 15) is 0 Å². The van der Waals surface area contributed by atoms with E-state index in [1.165, 1.54) is 0 Å². The Bertz CT molecular complexity index is 537. The van der Waals surface area contributed by atoms with Crippen LogP contribution in [0.25, 0.3) is 0 Å². The standard InChI is InChI=1S/C13H18ClN5/c1-4-15-11(13-16-6-5-7-17-13)8-10-9(2)18-19(3)12(10)14/h5-7,11,15H,4,8H2,1-3H3. The van der Waals surface area contributed by atoms with Crippen LogP contribution in [0.15, 0.2) is 18.5 Å². The van der Waals surface area contributed by atoms with E-state index in [1.54, 1.807) is 17.1 Å². The highest BCUT2D eigenvalue weighted by Crippen LogP contribution is 2.24. The Morgan fingerprint density at radius 1 is 1.37 bits per heavy atom. The maximum absolute atomic E-state index is 6.28. The Hall–Kier alpha value is -1.46. The largest absolute Gasteiger partial charge is 0.307 e. The van der Waals surface area contributed by atoms with Gasteiger partial charge in [0.1, 0.15) is 11.0 Å². The van der Waals surface area contributed by atoms with E-state index in [0.717, 1.165) is 30.0 Å². The molecule has 2 rings (SSSR count). The van der Waals surface area contributed by atoms with E-state index >= 15 is 0 Å². The van der Waals surface area contributed by atoms with Gasteiger partial charge in [-0.2, -0.15) is 5.10 Å². The van der Waals surface area contributed by atoms with E-state index in [0.29, 0.717) is 5.15 Å². The van der Waals surface area contributed by atoms with Gasteiger partial charge in [-0.25, -0.2) is 9.97 Å². The first-order valence-corrected chi connectivity index (χ1v) is 6.69. The van der Waals surface area contributed by atoms with Crippen LogP contribution in [0, 0.1) is 6.92 Å². The second-order valence-corrected chi connectivity index (χ2v) is 4.76. The highest BCUT2D eigenvalue weighted by molar-refractivity contribution is 6.30. The fourth-order valence-corrected chi connectivity index (χ4v) is 2.35. The highest BCUT2D eigenvalue weighted by atomic mass is 35.5. The molecule has 0 spiro atoms. The normalized spacial score (nSPS) is 12.6. The first-order chi connectivity index (χ1) is 9.13. The molecule has 0 fully saturated rings. The number of nitrogens with zero attached hydrogens (tertiary/aromatic N) is 4. The van der Waals surface area contributed by atoms with E-state index in [4.69, 9.17) is 11.6 Å². The minimum Gasteiger partial charge on any atom is -0.307 e. The zero-order chi connectivity index (χ0) is 13.8. The summed E-state index contributed by atoms with van der Waals surface area (Å²) in [5.74, 6) is 0.781. The molecule has 6 heteroatoms. The van der Waals surface area contributed by atoms with Crippen molar-refractivity contribution in [3.63, 3.8) is 0 Å². The lowest BCUT2D eigenvalue weighted by Crippen LogP contribution is -2.25. The Morgan fingerprint density at radius 2 is 2.05 bits per heavy atom. The van der Waals surface area contributed by atoms with Gasteiger partial charge in [-0.15, -0.1) is 0 Å². The van der Waals surface area contributed by atoms with Crippen molar-refractivity contribution in [3.8, 4) is 0 Å². The van der Waals surface area contributed by atoms with Gasteiger partial charge in [-0.3, -0.25) is 4.68 Å². The summed E-state index contributed by atoms with van der Waals surface area (Å²) >= 11 is 6.28. The summed E-state index contributed by atoms with van der Waals surface area (Å²) in [6.45, 7) is 4.88. The van der Waals surface area contributed by atoms with Gasteiger partial charge in [-0.05, 0) is 26.0 Å². The molecule has 1 unspecified atom stereocenters. The first kappa shape index (κ1) is 14.0. The predicted octanol–water partition coefficient (Wildman–Crippen LogP) is 2.07. The third kappa shape index (κ3) is 3.11. The average molecular weight is 280 g/mol. The maximum atomic E-state index is 6.28. The Morgan fingerprint density at radius 3 is 2.58 bits per heavy atom. The van der Waals surface area contributed by atoms with Gasteiger partial charge >= 0.3 is 0 Å². The number of hydrogen-bond donors (Lipinski definition) is 1. The third-order valence-electron chi connectivity index (χ3n) is 3.03. The van der Waals surface area contributed by atoms with Crippen LogP contribution in [0.5, 0.6) is 0 Å². The summed E-state index contributed by atoms with van der Waals surface area (Å²) in [4.78, 5) is 8.63. The average Bonchev–Trinajstić information content (AvgIpc) is 2.65. The molecule has 2 aromatic heterocycles. The zero-order valence-corrected chi connectivity index (χ0v) is 12.1. The van der Waals surface area contributed by atoms with Crippen LogP contribution < -0.4 is 5.32 Å². The lowest BCUT2D eigenvalue weighted by Gasteiger charge is -2.16. The van der Waals surface area contributed by atoms with Gasteiger partial charge < -0.3 is 5.32 Å². The molecule has 2 heterocycles. The number of likely N-dealkylation sites (N-methyl/N-ethyl adjacent to an activating group) is 1. The Balaban J connectivity index is 2.26. The number of aromatic nitrogens is 4. The van der Waals surface area contributed by atoms with Gasteiger partial charge in [0.05, 0.1) is 11.7 Å². The quantitative estimate of drug-likeness (QED) is 0.910. The molecule has 5 nitrogen and oxygen atoms in total. The summed E-state index contributed by atoms with van der Waals surface area (Å²) in [7, 11) is 1.85. The minimum absolute atomic E-state index is 0.0478. The van der Waals surface area contributed by atoms with Crippen LogP contribution in [0.4, 0.5) is 0 Å². The van der Waals surface area contributed by atoms with Crippen molar-refractivity contribution in [2.45, 2.75) is 26.3 Å². The van der Waals surface area contributed by atoms with Crippen LogP contribution >= 0.6 is 11.6 Å². The van der Waals surface area contributed by atoms with Crippen molar-refractivity contribution in [3.05, 3.63) is 40.7 Å². The van der Waals surface area contributed by atoms with Crippen molar-refractivity contribution >= 4 is 11.6 Å². The van der Waals surface area contributed by atoms with Crippen LogP contribution in [0.3, 0.4) is 0 Å². The molecule has 1 atom stereocenters. The monoisotopic (exact) mass is 279 g/mol. The molecule has 0 saturated heterocycles. The molecule has 0 radical (unpaired) electrons. The summed E-state index contributed by atoms with van der Waals surface area (Å²) in [6, 6.07) is 1.86. The van der Waals surface area contributed by atoms with Crippen LogP contribution in [-0.2, 0) is 13.5 Å². The second kappa shape index (κ2) is 6.12. The molecule has 19 heavy (non-hydrogen) atoms. The van der Waals surface area contributed by atoms with Crippen molar-refractivity contribution in [1.29, 1.82) is 0 Å². The molecular formula is C13H18ClN5. The minimum atomic E-state index is 0.0478. The van der Waals surface area contributed by atoms with E-state index in [-0.39, 0.29) is 6.04 Å². The Labute approximate surface area is 118 Å². The topological polar surface area (TPSA) is 55.6 Å². The molecule has 0 aliphatic heterocycles. The number of aryl methyl sites for hydroxylation is 2. The van der Waals surface area contributed by atoms with Crippen LogP contribution in [-0.4, -0.2) is 26.3 Å². The van der Waals surface area contributed by atoms with E-state index in [1.807, 2.05) is 20.0 Å². The lowest BCUT2D eigenvalue weighted by molar-refractivity contribution is 0.520. The van der Waals surface area contributed by atoms with Crippen molar-refractivity contribution in [2.24, 2.45) is 7.05 Å². The first-order valence-electron chi connectivity index (χ1n) is 6.31. The fraction of sp³-hybridized carbons (Fsp3) is 0.462. The number of halogens is 1. The van der Waals surface area contributed by atoms with Gasteiger partial charge in [0, 0.05) is 25.0 Å². The van der Waals surface area contributed by atoms with Gasteiger partial charge in [0.15, 0.2) is 0 Å². The summed E-state index contributed by atoms with van der Waals surface area (Å²) in [6.07, 6.45) is 4.24. The van der Waals surface area contributed by atoms with Gasteiger partial charge in [0.25, 0.3) is 0 Å². The van der Waals surface area contributed by atoms with E-state index in [2.05, 4.69) is 27.3 Å². The molecule has 0 bridgehead atoms. The zero-order valence-electron chi connectivity index (χ0n) is 11.4. The molecule has 2 aromatic rings. The maximum Gasteiger partial charge on any atom is 0.145 e. The van der Waals surface area contributed by atoms with Crippen molar-refractivity contribution in [1.82, 2.24) is 25.1 Å². The number of hydrogen-bond acceptors (Lipinski definition) is 4. The summed E-state index contributed by atoms with van der Waals surface area (Å²) in [5, 5.41) is 8.40. The van der Waals surface area contributed by atoms with E-state index < -0.39 is 0 Å². The molecular weight excluding hydrogens is 262 g/mol. The molecule has 0 aliphatic carbocycles. The second-order valence-electron chi connectivity index (χ2n) is 4.40. The molecule has 0 amide bonds. The SMILES string of the molecule is CCNC(Cc1c(C)nn(C)c1Cl)c1ncccn1. The van der Waals surface area contributed by atoms with Crippen LogP contribution in [0.1, 0.15) is 30.0 Å². The summed E-state index contributed by atoms with van der Waals surface area (Å²) in [5.41, 5.74) is 1.99. The summed E-state index contributed by atoms with van der Waals surface area (Å²) < 4.78 is 1.70. The molecule has 1 N–H and O–H groups in total. The van der Waals surface area contributed by atoms with Crippen LogP contribution in [0.2, 0.25) is 5.15 Å². The van der Waals surface area contributed by atoms with Crippen molar-refractivity contribution in [2.75, 3.05) is 6.54 Å². The lowest BCUT2D eigenvalue weighted by atomic mass is 10.1. The predicted molar refractivity (Wildman–Crippen MR) is 75.1 cm³/mol. The molecule has 0 aromatic carbocycles. The fourth-order valence-electron chi connectivity index (χ4n) is 2.10. The van der Waals surface area contributed by atoms with Gasteiger partial charge in [0.2, 0.25) is 0 Å². The number of nitrogens with one attached hydrogen (secondary N) is 1. The number of rotatable bonds is 5. The third-order valence-corrected chi connectivity index (χ3v) is 3.50. The smallest absolute Gasteiger partial charge is 0.145 e. The van der Waals surface area contributed by atoms with Gasteiger partial charge in [-0.1, -0.05) is 18.5 Å². The molecule has 0 aliphatic rings. The molecule has 0 saturated carbocycles.